The molecular formula is C24H28N2O2S. The lowest BCUT2D eigenvalue weighted by Gasteiger charge is -2.15. The fraction of sp³-hybridized carbons (Fsp3) is 0.333. The number of benzene rings is 2. The molecule has 1 heterocycles. The Morgan fingerprint density at radius 3 is 2.34 bits per heavy atom. The molecule has 3 aromatic rings. The predicted molar refractivity (Wildman–Crippen MR) is 118 cm³/mol. The maximum Gasteiger partial charge on any atom is 0.226 e. The molecule has 0 aliphatic heterocycles. The van der Waals surface area contributed by atoms with Gasteiger partial charge in [-0.15, -0.1) is 11.3 Å². The number of aromatic nitrogens is 1. The molecule has 1 atom stereocenters. The van der Waals surface area contributed by atoms with E-state index in [2.05, 4.69) is 48.4 Å². The molecule has 5 heteroatoms. The minimum Gasteiger partial charge on any atom is -0.486 e. The van der Waals surface area contributed by atoms with E-state index in [0.29, 0.717) is 12.5 Å². The van der Waals surface area contributed by atoms with Gasteiger partial charge < -0.3 is 10.1 Å². The van der Waals surface area contributed by atoms with Crippen molar-refractivity contribution < 1.29 is 9.53 Å². The van der Waals surface area contributed by atoms with E-state index in [0.717, 1.165) is 22.0 Å². The first-order chi connectivity index (χ1) is 13.9. The molecule has 1 unspecified atom stereocenters. The van der Waals surface area contributed by atoms with Crippen LogP contribution in [-0.4, -0.2) is 10.9 Å². The molecule has 0 saturated carbocycles. The first kappa shape index (κ1) is 21.1. The van der Waals surface area contributed by atoms with Gasteiger partial charge in [-0.05, 0) is 43.0 Å². The Labute approximate surface area is 177 Å². The van der Waals surface area contributed by atoms with Gasteiger partial charge in [0, 0.05) is 5.38 Å². The Morgan fingerprint density at radius 1 is 1.03 bits per heavy atom. The zero-order chi connectivity index (χ0) is 20.8. The van der Waals surface area contributed by atoms with Gasteiger partial charge in [0.2, 0.25) is 5.91 Å². The summed E-state index contributed by atoms with van der Waals surface area (Å²) in [6.07, 6.45) is 0.273. The van der Waals surface area contributed by atoms with Crippen LogP contribution in [0.3, 0.4) is 0 Å². The molecule has 0 aliphatic carbocycles. The van der Waals surface area contributed by atoms with Crippen molar-refractivity contribution in [3.05, 3.63) is 81.3 Å². The van der Waals surface area contributed by atoms with Crippen LogP contribution in [0.1, 0.15) is 60.1 Å². The van der Waals surface area contributed by atoms with Crippen molar-refractivity contribution in [1.29, 1.82) is 0 Å². The van der Waals surface area contributed by atoms with Crippen molar-refractivity contribution in [1.82, 2.24) is 10.3 Å². The van der Waals surface area contributed by atoms with Crippen molar-refractivity contribution in [3.8, 4) is 5.75 Å². The lowest BCUT2D eigenvalue weighted by atomic mass is 9.99. The summed E-state index contributed by atoms with van der Waals surface area (Å²) in [7, 11) is 0. The topological polar surface area (TPSA) is 51.2 Å². The lowest BCUT2D eigenvalue weighted by molar-refractivity contribution is -0.121. The number of amides is 1. The van der Waals surface area contributed by atoms with Crippen molar-refractivity contribution in [2.45, 2.75) is 52.7 Å². The Hall–Kier alpha value is -2.66. The number of carbonyl (C=O) groups excluding carboxylic acids is 1. The Bertz CT molecular complexity index is 930. The average Bonchev–Trinajstić information content (AvgIpc) is 3.14. The molecule has 1 aromatic heterocycles. The quantitative estimate of drug-likeness (QED) is 0.530. The summed E-state index contributed by atoms with van der Waals surface area (Å²) in [5.74, 6) is 1.30. The smallest absolute Gasteiger partial charge is 0.226 e. The van der Waals surface area contributed by atoms with E-state index in [9.17, 15) is 4.79 Å². The zero-order valence-electron chi connectivity index (χ0n) is 17.4. The maximum absolute atomic E-state index is 12.4. The van der Waals surface area contributed by atoms with Crippen LogP contribution in [0.2, 0.25) is 0 Å². The Kier molecular flexibility index (Phi) is 7.04. The van der Waals surface area contributed by atoms with Gasteiger partial charge in [0.05, 0.1) is 18.2 Å². The molecule has 4 nitrogen and oxygen atoms in total. The second-order valence-electron chi connectivity index (χ2n) is 7.62. The monoisotopic (exact) mass is 408 g/mol. The number of rotatable bonds is 8. The highest BCUT2D eigenvalue weighted by molar-refractivity contribution is 7.09. The van der Waals surface area contributed by atoms with E-state index in [1.165, 1.54) is 22.5 Å². The summed E-state index contributed by atoms with van der Waals surface area (Å²) in [6, 6.07) is 16.3. The normalized spacial score (nSPS) is 12.0. The zero-order valence-corrected chi connectivity index (χ0v) is 18.3. The van der Waals surface area contributed by atoms with E-state index in [-0.39, 0.29) is 18.4 Å². The van der Waals surface area contributed by atoms with Gasteiger partial charge in [-0.1, -0.05) is 55.8 Å². The third-order valence-corrected chi connectivity index (χ3v) is 5.68. The van der Waals surface area contributed by atoms with Gasteiger partial charge in [0.15, 0.2) is 0 Å². The fourth-order valence-electron chi connectivity index (χ4n) is 2.99. The van der Waals surface area contributed by atoms with Gasteiger partial charge in [0.25, 0.3) is 0 Å². The largest absolute Gasteiger partial charge is 0.486 e. The molecule has 2 aromatic carbocycles. The van der Waals surface area contributed by atoms with Crippen LogP contribution in [0.5, 0.6) is 5.75 Å². The third kappa shape index (κ3) is 6.16. The van der Waals surface area contributed by atoms with Gasteiger partial charge in [0.1, 0.15) is 17.4 Å². The van der Waals surface area contributed by atoms with Crippen LogP contribution in [-0.2, 0) is 17.8 Å². The van der Waals surface area contributed by atoms with Crippen LogP contribution in [0.15, 0.2) is 53.9 Å². The maximum atomic E-state index is 12.4. The molecule has 0 radical (unpaired) electrons. The summed E-state index contributed by atoms with van der Waals surface area (Å²) >= 11 is 1.52. The summed E-state index contributed by atoms with van der Waals surface area (Å²) in [4.78, 5) is 16.9. The van der Waals surface area contributed by atoms with E-state index >= 15 is 0 Å². The van der Waals surface area contributed by atoms with Crippen molar-refractivity contribution in [2.24, 2.45) is 0 Å². The molecule has 1 amide bonds. The van der Waals surface area contributed by atoms with Crippen LogP contribution in [0.4, 0.5) is 0 Å². The summed E-state index contributed by atoms with van der Waals surface area (Å²) < 4.78 is 5.76. The van der Waals surface area contributed by atoms with Gasteiger partial charge in [-0.25, -0.2) is 4.98 Å². The molecule has 29 heavy (non-hydrogen) atoms. The van der Waals surface area contributed by atoms with Gasteiger partial charge in [-0.2, -0.15) is 0 Å². The number of hydrogen-bond acceptors (Lipinski definition) is 4. The Balaban J connectivity index is 1.49. The first-order valence-electron chi connectivity index (χ1n) is 9.92. The van der Waals surface area contributed by atoms with Crippen LogP contribution in [0, 0.1) is 6.92 Å². The summed E-state index contributed by atoms with van der Waals surface area (Å²) in [5, 5.41) is 5.85. The summed E-state index contributed by atoms with van der Waals surface area (Å²) in [5.41, 5.74) is 4.38. The van der Waals surface area contributed by atoms with Gasteiger partial charge >= 0.3 is 0 Å². The fourth-order valence-corrected chi connectivity index (χ4v) is 3.69. The number of ether oxygens (including phenoxy) is 1. The van der Waals surface area contributed by atoms with Gasteiger partial charge in [-0.3, -0.25) is 4.79 Å². The molecule has 0 spiro atoms. The average molecular weight is 409 g/mol. The Morgan fingerprint density at radius 2 is 1.69 bits per heavy atom. The lowest BCUT2D eigenvalue weighted by Crippen LogP contribution is -2.28. The molecule has 152 valence electrons. The highest BCUT2D eigenvalue weighted by Gasteiger charge is 2.13. The number of nitrogens with zero attached hydrogens (tertiary/aromatic N) is 1. The van der Waals surface area contributed by atoms with Crippen molar-refractivity contribution in [3.63, 3.8) is 0 Å². The highest BCUT2D eigenvalue weighted by atomic mass is 32.1. The van der Waals surface area contributed by atoms with Crippen LogP contribution >= 0.6 is 11.3 Å². The molecule has 3 rings (SSSR count). The number of carbonyl (C=O) groups is 1. The second kappa shape index (κ2) is 9.70. The number of thiazole rings is 1. The van der Waals surface area contributed by atoms with Crippen molar-refractivity contribution in [2.75, 3.05) is 0 Å². The molecule has 0 saturated heterocycles. The number of hydrogen-bond donors (Lipinski definition) is 1. The van der Waals surface area contributed by atoms with E-state index in [1.807, 2.05) is 43.5 Å². The van der Waals surface area contributed by atoms with E-state index in [4.69, 9.17) is 4.74 Å². The SMILES string of the molecule is Cc1ccc(OCc2nc(CC(=O)NC(C)c3ccc(C(C)C)cc3)cs2)cc1. The summed E-state index contributed by atoms with van der Waals surface area (Å²) in [6.45, 7) is 8.81. The minimum atomic E-state index is -0.0355. The number of nitrogens with one attached hydrogen (secondary N) is 1. The van der Waals surface area contributed by atoms with Crippen LogP contribution < -0.4 is 10.1 Å². The molecule has 0 bridgehead atoms. The second-order valence-corrected chi connectivity index (χ2v) is 8.56. The van der Waals surface area contributed by atoms with Crippen LogP contribution in [0.25, 0.3) is 0 Å². The standard InChI is InChI=1S/C24H28N2O2S/c1-16(2)19-7-9-20(10-8-19)18(4)25-23(27)13-21-15-29-24(26-21)14-28-22-11-5-17(3)6-12-22/h5-12,15-16,18H,13-14H2,1-4H3,(H,25,27). The van der Waals surface area contributed by atoms with E-state index in [1.54, 1.807) is 0 Å². The molecular weight excluding hydrogens is 380 g/mol. The highest BCUT2D eigenvalue weighted by Crippen LogP contribution is 2.19. The minimum absolute atomic E-state index is 0.0262. The van der Waals surface area contributed by atoms with Crippen molar-refractivity contribution >= 4 is 17.2 Å². The predicted octanol–water partition coefficient (Wildman–Crippen LogP) is 5.57. The molecule has 0 aliphatic rings. The molecule has 0 fully saturated rings. The third-order valence-electron chi connectivity index (χ3n) is 4.80. The number of aryl methyl sites for hydroxylation is 1. The molecule has 1 N–H and O–H groups in total. The van der Waals surface area contributed by atoms with E-state index < -0.39 is 0 Å². The first-order valence-corrected chi connectivity index (χ1v) is 10.8.